The molecule has 3 aromatic rings. The van der Waals surface area contributed by atoms with Crippen LogP contribution in [0.5, 0.6) is 11.5 Å². The summed E-state index contributed by atoms with van der Waals surface area (Å²) in [5.74, 6) is -0.465. The van der Waals surface area contributed by atoms with E-state index in [1.807, 2.05) is 0 Å². The highest BCUT2D eigenvalue weighted by molar-refractivity contribution is 5.76. The SMILES string of the molecule is COc1cc(C)c(OCCCC(=O)O)cc1-c1ccc(C(F)(F)F)cc1CN(C)[C@@H](C)[C@H](O)c1cc(C(F)(F)F)cc(C(F)(F)F)c1. The van der Waals surface area contributed by atoms with Crippen molar-refractivity contribution in [1.29, 1.82) is 0 Å². The highest BCUT2D eigenvalue weighted by Gasteiger charge is 2.38. The van der Waals surface area contributed by atoms with E-state index in [1.54, 1.807) is 13.0 Å². The topological polar surface area (TPSA) is 79.2 Å². The molecule has 3 aromatic carbocycles. The summed E-state index contributed by atoms with van der Waals surface area (Å²) >= 11 is 0. The van der Waals surface area contributed by atoms with Crippen molar-refractivity contribution in [3.05, 3.63) is 81.9 Å². The molecule has 0 aliphatic heterocycles. The third-order valence-corrected chi connectivity index (χ3v) is 7.54. The summed E-state index contributed by atoms with van der Waals surface area (Å²) in [5.41, 5.74) is -3.79. The average Bonchev–Trinajstić information content (AvgIpc) is 2.97. The van der Waals surface area contributed by atoms with Crippen LogP contribution in [0, 0.1) is 6.92 Å². The predicted octanol–water partition coefficient (Wildman–Crippen LogP) is 8.52. The van der Waals surface area contributed by atoms with E-state index >= 15 is 0 Å². The zero-order chi connectivity index (χ0) is 35.5. The third kappa shape index (κ3) is 9.53. The summed E-state index contributed by atoms with van der Waals surface area (Å²) < 4.78 is 133. The van der Waals surface area contributed by atoms with Crippen LogP contribution in [0.4, 0.5) is 39.5 Å². The molecule has 47 heavy (non-hydrogen) atoms. The lowest BCUT2D eigenvalue weighted by molar-refractivity contribution is -0.143. The summed E-state index contributed by atoms with van der Waals surface area (Å²) in [6.45, 7) is 2.68. The number of likely N-dealkylation sites (N-methyl/N-ethyl adjacent to an activating group) is 1. The highest BCUT2D eigenvalue weighted by atomic mass is 19.4. The van der Waals surface area contributed by atoms with Crippen LogP contribution in [0.25, 0.3) is 11.1 Å². The maximum Gasteiger partial charge on any atom is 0.416 e. The second-order valence-electron chi connectivity index (χ2n) is 11.0. The van der Waals surface area contributed by atoms with Crippen molar-refractivity contribution in [3.8, 4) is 22.6 Å². The summed E-state index contributed by atoms with van der Waals surface area (Å²) in [7, 11) is 2.68. The second-order valence-corrected chi connectivity index (χ2v) is 11.0. The molecule has 15 heteroatoms. The number of aryl methyl sites for hydroxylation is 1. The minimum absolute atomic E-state index is 0.0303. The minimum Gasteiger partial charge on any atom is -0.496 e. The average molecular weight is 682 g/mol. The molecule has 0 spiro atoms. The van der Waals surface area contributed by atoms with Gasteiger partial charge in [-0.2, -0.15) is 39.5 Å². The zero-order valence-corrected chi connectivity index (χ0v) is 25.6. The summed E-state index contributed by atoms with van der Waals surface area (Å²) in [5, 5.41) is 19.8. The van der Waals surface area contributed by atoms with Crippen LogP contribution in [0.1, 0.15) is 59.3 Å². The van der Waals surface area contributed by atoms with Crippen LogP contribution in [0.2, 0.25) is 0 Å². The number of aliphatic carboxylic acids is 1. The molecule has 6 nitrogen and oxygen atoms in total. The molecule has 2 N–H and O–H groups in total. The molecule has 0 aliphatic carbocycles. The van der Waals surface area contributed by atoms with Gasteiger partial charge in [0, 0.05) is 24.6 Å². The normalized spacial score (nSPS) is 13.9. The number of carbonyl (C=O) groups is 1. The molecule has 0 saturated carbocycles. The first-order chi connectivity index (χ1) is 21.6. The van der Waals surface area contributed by atoms with Gasteiger partial charge in [0.05, 0.1) is 36.5 Å². The van der Waals surface area contributed by atoms with E-state index < -0.39 is 58.9 Å². The first-order valence-corrected chi connectivity index (χ1v) is 14.0. The standard InChI is InChI=1S/C32H32F9NO5/c1-17-10-27(46-4)25(15-26(17)47-9-5-6-28(43)44)24-8-7-21(30(33,34)35)13-20(24)16-42(3)18(2)29(45)19-11-22(31(36,37)38)14-23(12-19)32(39,40)41/h7-8,10-15,18,29,45H,5-6,9,16H2,1-4H3,(H,43,44)/t18-,29-/m0/s1. The number of alkyl halides is 9. The Morgan fingerprint density at radius 1 is 0.830 bits per heavy atom. The van der Waals surface area contributed by atoms with Crippen LogP contribution < -0.4 is 9.47 Å². The molecular formula is C32H32F9NO5. The van der Waals surface area contributed by atoms with Gasteiger partial charge in [0.25, 0.3) is 0 Å². The van der Waals surface area contributed by atoms with E-state index in [-0.39, 0.29) is 48.9 Å². The Morgan fingerprint density at radius 3 is 1.91 bits per heavy atom. The molecule has 0 amide bonds. The maximum absolute atomic E-state index is 13.8. The highest BCUT2D eigenvalue weighted by Crippen LogP contribution is 2.42. The van der Waals surface area contributed by atoms with Crippen LogP contribution in [0.3, 0.4) is 0 Å². The number of aliphatic hydroxyl groups excluding tert-OH is 1. The number of ether oxygens (including phenoxy) is 2. The molecular weight excluding hydrogens is 649 g/mol. The molecule has 3 rings (SSSR count). The summed E-state index contributed by atoms with van der Waals surface area (Å²) in [6.07, 6.45) is -16.9. The predicted molar refractivity (Wildman–Crippen MR) is 153 cm³/mol. The number of carboxylic acids is 1. The van der Waals surface area contributed by atoms with Crippen LogP contribution in [0.15, 0.2) is 48.5 Å². The number of carboxylic acid groups (broad SMARTS) is 1. The monoisotopic (exact) mass is 681 g/mol. The van der Waals surface area contributed by atoms with Crippen molar-refractivity contribution in [1.82, 2.24) is 4.90 Å². The smallest absolute Gasteiger partial charge is 0.416 e. The van der Waals surface area contributed by atoms with Gasteiger partial charge in [0.2, 0.25) is 0 Å². The number of rotatable bonds is 12. The first kappa shape index (κ1) is 37.5. The molecule has 0 heterocycles. The van der Waals surface area contributed by atoms with Gasteiger partial charge in [-0.3, -0.25) is 9.69 Å². The number of methoxy groups -OCH3 is 1. The molecule has 0 radical (unpaired) electrons. The number of benzene rings is 3. The van der Waals surface area contributed by atoms with Gasteiger partial charge in [-0.25, -0.2) is 0 Å². The van der Waals surface area contributed by atoms with E-state index in [2.05, 4.69) is 0 Å². The Morgan fingerprint density at radius 2 is 1.40 bits per heavy atom. The Kier molecular flexibility index (Phi) is 11.5. The van der Waals surface area contributed by atoms with Crippen LogP contribution in [-0.4, -0.2) is 47.9 Å². The Labute approximate surface area is 264 Å². The fraction of sp³-hybridized carbons (Fsp3) is 0.406. The first-order valence-electron chi connectivity index (χ1n) is 14.0. The van der Waals surface area contributed by atoms with Crippen molar-refractivity contribution < 1.29 is 64.0 Å². The van der Waals surface area contributed by atoms with Gasteiger partial charge in [0.1, 0.15) is 11.5 Å². The van der Waals surface area contributed by atoms with Crippen molar-refractivity contribution in [2.24, 2.45) is 0 Å². The van der Waals surface area contributed by atoms with Crippen LogP contribution in [-0.2, 0) is 29.9 Å². The molecule has 0 saturated heterocycles. The number of hydrogen-bond acceptors (Lipinski definition) is 5. The molecule has 0 aliphatic rings. The lowest BCUT2D eigenvalue weighted by Gasteiger charge is -2.31. The Bertz CT molecular complexity index is 1540. The number of aliphatic hydroxyl groups is 1. The Balaban J connectivity index is 2.05. The fourth-order valence-electron chi connectivity index (χ4n) is 4.85. The minimum atomic E-state index is -5.15. The molecule has 258 valence electrons. The summed E-state index contributed by atoms with van der Waals surface area (Å²) in [4.78, 5) is 12.1. The fourth-order valence-corrected chi connectivity index (χ4v) is 4.85. The third-order valence-electron chi connectivity index (χ3n) is 7.54. The number of halogens is 9. The summed E-state index contributed by atoms with van der Waals surface area (Å²) in [6, 6.07) is 5.51. The largest absolute Gasteiger partial charge is 0.496 e. The number of hydrogen-bond donors (Lipinski definition) is 2. The van der Waals surface area contributed by atoms with Crippen molar-refractivity contribution in [2.75, 3.05) is 20.8 Å². The van der Waals surface area contributed by atoms with E-state index in [0.717, 1.165) is 12.1 Å². The van der Waals surface area contributed by atoms with E-state index in [1.165, 1.54) is 38.1 Å². The number of nitrogens with zero attached hydrogens (tertiary/aromatic N) is 1. The quantitative estimate of drug-likeness (QED) is 0.147. The van der Waals surface area contributed by atoms with Crippen molar-refractivity contribution in [2.45, 2.75) is 63.9 Å². The molecule has 0 aromatic heterocycles. The molecule has 2 atom stereocenters. The van der Waals surface area contributed by atoms with Gasteiger partial charge in [0.15, 0.2) is 0 Å². The lowest BCUT2D eigenvalue weighted by atomic mass is 9.93. The maximum atomic E-state index is 13.8. The lowest BCUT2D eigenvalue weighted by Crippen LogP contribution is -2.34. The molecule has 0 bridgehead atoms. The van der Waals surface area contributed by atoms with Gasteiger partial charge in [-0.05, 0) is 92.0 Å². The van der Waals surface area contributed by atoms with Gasteiger partial charge in [-0.1, -0.05) is 6.07 Å². The van der Waals surface area contributed by atoms with Crippen molar-refractivity contribution >= 4 is 5.97 Å². The van der Waals surface area contributed by atoms with E-state index in [0.29, 0.717) is 29.0 Å². The molecule has 0 fully saturated rings. The van der Waals surface area contributed by atoms with Gasteiger partial charge >= 0.3 is 24.5 Å². The Hall–Kier alpha value is -3.98. The van der Waals surface area contributed by atoms with E-state index in [4.69, 9.17) is 14.6 Å². The van der Waals surface area contributed by atoms with E-state index in [9.17, 15) is 49.4 Å². The zero-order valence-electron chi connectivity index (χ0n) is 25.6. The van der Waals surface area contributed by atoms with Gasteiger partial charge in [-0.15, -0.1) is 0 Å². The van der Waals surface area contributed by atoms with Crippen molar-refractivity contribution in [3.63, 3.8) is 0 Å². The molecule has 0 unspecified atom stereocenters. The van der Waals surface area contributed by atoms with Gasteiger partial charge < -0.3 is 19.7 Å². The second kappa shape index (κ2) is 14.4. The van der Waals surface area contributed by atoms with Crippen LogP contribution >= 0.6 is 0 Å².